The first-order chi connectivity index (χ1) is 15.5. The molecule has 1 N–H and O–H groups in total. The molecule has 1 amide bonds. The highest BCUT2D eigenvalue weighted by molar-refractivity contribution is 7.90. The molecule has 1 atom stereocenters. The first kappa shape index (κ1) is 25.1. The number of carbonyl (C=O) groups is 1. The number of nitrogens with zero attached hydrogens (tertiary/aromatic N) is 2. The summed E-state index contributed by atoms with van der Waals surface area (Å²) >= 11 is 0. The number of hydrogen-bond donors (Lipinski definition) is 1. The average Bonchev–Trinajstić information content (AvgIpc) is 2.78. The standard InChI is InChI=1S/C25H35N3O4S/c1-7-25(8-2)16-21(20-11-9-10-12-23(20)32-25)26-24(29)17-28(33(30,31)27(5)6)22-15-18(3)13-14-19(22)4/h9-15,21H,7-8,16-17H2,1-6H3,(H,26,29)/t21-/m1/s1. The quantitative estimate of drug-likeness (QED) is 0.626. The van der Waals surface area contributed by atoms with Crippen molar-refractivity contribution < 1.29 is 17.9 Å². The third-order valence-electron chi connectivity index (χ3n) is 6.48. The van der Waals surface area contributed by atoms with Crippen LogP contribution in [0.15, 0.2) is 42.5 Å². The molecule has 7 nitrogen and oxygen atoms in total. The summed E-state index contributed by atoms with van der Waals surface area (Å²) < 4.78 is 35.0. The number of ether oxygens (including phenoxy) is 1. The summed E-state index contributed by atoms with van der Waals surface area (Å²) in [6.07, 6.45) is 2.26. The molecule has 0 saturated heterocycles. The van der Waals surface area contributed by atoms with Gasteiger partial charge in [0.1, 0.15) is 17.9 Å². The van der Waals surface area contributed by atoms with Gasteiger partial charge in [0.2, 0.25) is 5.91 Å². The summed E-state index contributed by atoms with van der Waals surface area (Å²) in [5, 5.41) is 3.10. The van der Waals surface area contributed by atoms with E-state index in [4.69, 9.17) is 4.74 Å². The summed E-state index contributed by atoms with van der Waals surface area (Å²) in [5.74, 6) is 0.411. The first-order valence-electron chi connectivity index (χ1n) is 11.4. The van der Waals surface area contributed by atoms with Crippen LogP contribution in [0.2, 0.25) is 0 Å². The van der Waals surface area contributed by atoms with Gasteiger partial charge in [0.05, 0.1) is 11.7 Å². The maximum absolute atomic E-state index is 13.3. The van der Waals surface area contributed by atoms with Crippen LogP contribution in [0, 0.1) is 13.8 Å². The van der Waals surface area contributed by atoms with Crippen molar-refractivity contribution in [3.8, 4) is 5.75 Å². The Morgan fingerprint density at radius 2 is 1.79 bits per heavy atom. The van der Waals surface area contributed by atoms with Crippen LogP contribution in [-0.2, 0) is 15.0 Å². The van der Waals surface area contributed by atoms with Gasteiger partial charge in [-0.05, 0) is 49.9 Å². The summed E-state index contributed by atoms with van der Waals surface area (Å²) in [6.45, 7) is 7.61. The molecule has 1 heterocycles. The predicted octanol–water partition coefficient (Wildman–Crippen LogP) is 4.12. The van der Waals surface area contributed by atoms with E-state index in [1.54, 1.807) is 6.07 Å². The number of amides is 1. The molecule has 0 aliphatic carbocycles. The maximum atomic E-state index is 13.3. The molecule has 8 heteroatoms. The van der Waals surface area contributed by atoms with Gasteiger partial charge in [-0.3, -0.25) is 4.79 Å². The van der Waals surface area contributed by atoms with E-state index in [-0.39, 0.29) is 24.1 Å². The summed E-state index contributed by atoms with van der Waals surface area (Å²) in [6, 6.07) is 13.0. The van der Waals surface area contributed by atoms with Crippen molar-refractivity contribution in [3.05, 3.63) is 59.2 Å². The van der Waals surface area contributed by atoms with Crippen LogP contribution in [0.1, 0.15) is 55.8 Å². The van der Waals surface area contributed by atoms with Crippen LogP contribution < -0.4 is 14.4 Å². The van der Waals surface area contributed by atoms with Crippen LogP contribution in [0.4, 0.5) is 5.69 Å². The highest BCUT2D eigenvalue weighted by Crippen LogP contribution is 2.42. The van der Waals surface area contributed by atoms with Crippen molar-refractivity contribution in [2.45, 2.75) is 58.6 Å². The lowest BCUT2D eigenvalue weighted by Gasteiger charge is -2.42. The first-order valence-corrected chi connectivity index (χ1v) is 12.8. The van der Waals surface area contributed by atoms with Crippen molar-refractivity contribution in [2.75, 3.05) is 24.9 Å². The molecule has 1 aliphatic heterocycles. The minimum absolute atomic E-state index is 0.259. The van der Waals surface area contributed by atoms with E-state index in [0.717, 1.165) is 39.6 Å². The lowest BCUT2D eigenvalue weighted by molar-refractivity contribution is -0.121. The smallest absolute Gasteiger partial charge is 0.304 e. The number of para-hydroxylation sites is 1. The molecule has 180 valence electrons. The van der Waals surface area contributed by atoms with Gasteiger partial charge in [0.25, 0.3) is 0 Å². The van der Waals surface area contributed by atoms with Gasteiger partial charge >= 0.3 is 10.2 Å². The van der Waals surface area contributed by atoms with E-state index in [1.807, 2.05) is 50.2 Å². The molecule has 2 aromatic rings. The molecule has 3 rings (SSSR count). The molecular weight excluding hydrogens is 438 g/mol. The third kappa shape index (κ3) is 5.17. The number of benzene rings is 2. The molecule has 0 saturated carbocycles. The van der Waals surface area contributed by atoms with Gasteiger partial charge in [-0.15, -0.1) is 0 Å². The van der Waals surface area contributed by atoms with Crippen LogP contribution in [0.5, 0.6) is 5.75 Å². The molecule has 0 fully saturated rings. The molecule has 2 aromatic carbocycles. The minimum atomic E-state index is -3.88. The number of aryl methyl sites for hydroxylation is 2. The zero-order valence-corrected chi connectivity index (χ0v) is 21.2. The maximum Gasteiger partial charge on any atom is 0.304 e. The number of anilines is 1. The second kappa shape index (κ2) is 9.73. The topological polar surface area (TPSA) is 79.0 Å². The zero-order valence-electron chi connectivity index (χ0n) is 20.4. The molecule has 0 radical (unpaired) electrons. The predicted molar refractivity (Wildman–Crippen MR) is 132 cm³/mol. The van der Waals surface area contributed by atoms with Gasteiger partial charge in [-0.2, -0.15) is 12.7 Å². The Hall–Kier alpha value is -2.58. The largest absolute Gasteiger partial charge is 0.487 e. The monoisotopic (exact) mass is 473 g/mol. The van der Waals surface area contributed by atoms with Crippen LogP contribution in [0.3, 0.4) is 0 Å². The third-order valence-corrected chi connectivity index (χ3v) is 8.29. The van der Waals surface area contributed by atoms with Crippen molar-refractivity contribution in [2.24, 2.45) is 0 Å². The highest BCUT2D eigenvalue weighted by atomic mass is 32.2. The summed E-state index contributed by atoms with van der Waals surface area (Å²) in [7, 11) is -0.940. The molecule has 0 unspecified atom stereocenters. The van der Waals surface area contributed by atoms with Crippen LogP contribution in [0.25, 0.3) is 0 Å². The Morgan fingerprint density at radius 1 is 1.12 bits per heavy atom. The molecular formula is C25H35N3O4S. The fourth-order valence-electron chi connectivity index (χ4n) is 4.28. The van der Waals surface area contributed by atoms with Gasteiger partial charge in [0, 0.05) is 26.1 Å². The molecule has 0 bridgehead atoms. The van der Waals surface area contributed by atoms with Crippen LogP contribution in [-0.4, -0.2) is 44.9 Å². The van der Waals surface area contributed by atoms with E-state index in [2.05, 4.69) is 19.2 Å². The van der Waals surface area contributed by atoms with Crippen LogP contribution >= 0.6 is 0 Å². The number of nitrogens with one attached hydrogen (secondary N) is 1. The Morgan fingerprint density at radius 3 is 2.42 bits per heavy atom. The summed E-state index contributed by atoms with van der Waals surface area (Å²) in [4.78, 5) is 13.3. The summed E-state index contributed by atoms with van der Waals surface area (Å²) in [5.41, 5.74) is 2.75. The lowest BCUT2D eigenvalue weighted by Crippen LogP contribution is -2.49. The Labute approximate surface area is 197 Å². The van der Waals surface area contributed by atoms with Gasteiger partial charge in [-0.25, -0.2) is 4.31 Å². The highest BCUT2D eigenvalue weighted by Gasteiger charge is 2.39. The Balaban J connectivity index is 1.93. The number of fused-ring (bicyclic) bond motifs is 1. The molecule has 33 heavy (non-hydrogen) atoms. The van der Waals surface area contributed by atoms with E-state index < -0.39 is 10.2 Å². The van der Waals surface area contributed by atoms with Crippen molar-refractivity contribution in [3.63, 3.8) is 0 Å². The second-order valence-corrected chi connectivity index (χ2v) is 11.0. The van der Waals surface area contributed by atoms with Crippen molar-refractivity contribution in [1.29, 1.82) is 0 Å². The zero-order chi connectivity index (χ0) is 24.4. The van der Waals surface area contributed by atoms with E-state index in [1.165, 1.54) is 18.4 Å². The van der Waals surface area contributed by atoms with E-state index in [9.17, 15) is 13.2 Å². The molecule has 1 aliphatic rings. The molecule has 0 aromatic heterocycles. The number of rotatable bonds is 8. The second-order valence-electron chi connectivity index (χ2n) is 8.94. The minimum Gasteiger partial charge on any atom is -0.487 e. The van der Waals surface area contributed by atoms with Gasteiger partial charge in [-0.1, -0.05) is 44.2 Å². The van der Waals surface area contributed by atoms with E-state index >= 15 is 0 Å². The molecule has 0 spiro atoms. The van der Waals surface area contributed by atoms with Crippen molar-refractivity contribution in [1.82, 2.24) is 9.62 Å². The van der Waals surface area contributed by atoms with Gasteiger partial charge in [0.15, 0.2) is 0 Å². The normalized spacial score (nSPS) is 17.2. The number of carbonyl (C=O) groups excluding carboxylic acids is 1. The lowest BCUT2D eigenvalue weighted by atomic mass is 9.83. The Kier molecular flexibility index (Phi) is 7.39. The fraction of sp³-hybridized carbons (Fsp3) is 0.480. The van der Waals surface area contributed by atoms with Crippen molar-refractivity contribution >= 4 is 21.8 Å². The number of hydrogen-bond acceptors (Lipinski definition) is 4. The SMILES string of the molecule is CCC1(CC)C[C@@H](NC(=O)CN(c2cc(C)ccc2C)S(=O)(=O)N(C)C)c2ccccc2O1. The Bertz CT molecular complexity index is 1110. The average molecular weight is 474 g/mol. The van der Waals surface area contributed by atoms with Gasteiger partial charge < -0.3 is 10.1 Å². The fourth-order valence-corrected chi connectivity index (χ4v) is 5.40. The van der Waals surface area contributed by atoms with E-state index in [0.29, 0.717) is 12.1 Å².